The molecule has 0 bridgehead atoms. The lowest BCUT2D eigenvalue weighted by Gasteiger charge is -2.30. The molecule has 1 saturated heterocycles. The Morgan fingerprint density at radius 2 is 1.96 bits per heavy atom. The minimum absolute atomic E-state index is 0.548. The van der Waals surface area contributed by atoms with Gasteiger partial charge in [-0.1, -0.05) is 30.3 Å². The Morgan fingerprint density at radius 3 is 2.62 bits per heavy atom. The summed E-state index contributed by atoms with van der Waals surface area (Å²) >= 11 is 0. The lowest BCUT2D eigenvalue weighted by molar-refractivity contribution is 0.167. The molecule has 2 aromatic rings. The van der Waals surface area contributed by atoms with Crippen LogP contribution in [0.2, 0.25) is 0 Å². The van der Waals surface area contributed by atoms with Crippen LogP contribution >= 0.6 is 0 Å². The van der Waals surface area contributed by atoms with E-state index in [1.807, 2.05) is 30.3 Å². The average Bonchev–Trinajstić information content (AvgIpc) is 3.03. The van der Waals surface area contributed by atoms with E-state index in [9.17, 15) is 4.21 Å². The lowest BCUT2D eigenvalue weighted by atomic mass is 9.97. The zero-order valence-electron chi connectivity index (χ0n) is 14.4. The zero-order chi connectivity index (χ0) is 17.0. The molecule has 0 aliphatic carbocycles. The molecular weight excluding hydrogens is 322 g/mol. The molecule has 1 aliphatic heterocycles. The van der Waals surface area contributed by atoms with Gasteiger partial charge in [-0.3, -0.25) is 9.11 Å². The molecule has 0 amide bonds. The van der Waals surface area contributed by atoms with Gasteiger partial charge < -0.3 is 4.42 Å². The van der Waals surface area contributed by atoms with Gasteiger partial charge in [0.15, 0.2) is 5.76 Å². The Balaban J connectivity index is 1.52. The Labute approximate surface area is 144 Å². The standard InChI is InChI=1S/C18H25N3O2S/c1-24(2,22)20-12-15-8-10-21(11-9-15)14-18-19-13-17(23-18)16-6-4-3-5-7-16/h3-7,13,15H,8-12,14H2,1-2H3. The first-order valence-corrected chi connectivity index (χ1v) is 10.7. The van der Waals surface area contributed by atoms with Gasteiger partial charge in [0.25, 0.3) is 0 Å². The van der Waals surface area contributed by atoms with Gasteiger partial charge in [0.05, 0.1) is 19.3 Å². The van der Waals surface area contributed by atoms with Crippen LogP contribution in [0, 0.1) is 5.92 Å². The number of hydrogen-bond acceptors (Lipinski definition) is 5. The van der Waals surface area contributed by atoms with E-state index in [2.05, 4.69) is 14.2 Å². The second-order valence-electron chi connectivity index (χ2n) is 6.70. The molecule has 0 saturated carbocycles. The van der Waals surface area contributed by atoms with E-state index in [4.69, 9.17) is 4.42 Å². The van der Waals surface area contributed by atoms with E-state index in [0.717, 1.165) is 56.2 Å². The van der Waals surface area contributed by atoms with E-state index in [-0.39, 0.29) is 0 Å². The highest BCUT2D eigenvalue weighted by atomic mass is 32.2. The molecule has 1 aromatic heterocycles. The first-order valence-electron chi connectivity index (χ1n) is 8.35. The van der Waals surface area contributed by atoms with Crippen molar-refractivity contribution in [3.8, 4) is 11.3 Å². The number of piperidine rings is 1. The summed E-state index contributed by atoms with van der Waals surface area (Å²) in [5, 5.41) is 0. The zero-order valence-corrected chi connectivity index (χ0v) is 15.2. The molecule has 5 nitrogen and oxygen atoms in total. The quantitative estimate of drug-likeness (QED) is 0.833. The van der Waals surface area contributed by atoms with Crippen molar-refractivity contribution < 1.29 is 8.63 Å². The third-order valence-electron chi connectivity index (χ3n) is 4.32. The second-order valence-corrected chi connectivity index (χ2v) is 9.32. The van der Waals surface area contributed by atoms with Crippen LogP contribution in [0.25, 0.3) is 11.3 Å². The van der Waals surface area contributed by atoms with Gasteiger partial charge in [-0.2, -0.15) is 0 Å². The van der Waals surface area contributed by atoms with E-state index < -0.39 is 9.73 Å². The van der Waals surface area contributed by atoms with Gasteiger partial charge >= 0.3 is 0 Å². The topological polar surface area (TPSA) is 58.7 Å². The first kappa shape index (κ1) is 17.2. The maximum Gasteiger partial charge on any atom is 0.209 e. The maximum atomic E-state index is 11.7. The van der Waals surface area contributed by atoms with Gasteiger partial charge in [-0.25, -0.2) is 9.35 Å². The van der Waals surface area contributed by atoms with E-state index in [1.165, 1.54) is 0 Å². The molecule has 3 rings (SSSR count). The summed E-state index contributed by atoms with van der Waals surface area (Å²) in [5.74, 6) is 2.13. The fourth-order valence-electron chi connectivity index (χ4n) is 2.92. The predicted molar refractivity (Wildman–Crippen MR) is 97.2 cm³/mol. The number of nitrogens with zero attached hydrogens (tertiary/aromatic N) is 3. The van der Waals surface area contributed by atoms with Gasteiger partial charge in [-0.15, -0.1) is 0 Å². The molecular formula is C18H25N3O2S. The van der Waals surface area contributed by atoms with Crippen LogP contribution in [0.5, 0.6) is 0 Å². The summed E-state index contributed by atoms with van der Waals surface area (Å²) in [4.78, 5) is 6.78. The second kappa shape index (κ2) is 7.49. The third-order valence-corrected chi connectivity index (χ3v) is 5.09. The van der Waals surface area contributed by atoms with Crippen LogP contribution in [0.4, 0.5) is 0 Å². The van der Waals surface area contributed by atoms with Crippen LogP contribution in [0.15, 0.2) is 45.3 Å². The molecule has 1 aromatic carbocycles. The van der Waals surface area contributed by atoms with Crippen molar-refractivity contribution in [3.63, 3.8) is 0 Å². The fourth-order valence-corrected chi connectivity index (χ4v) is 3.49. The smallest absolute Gasteiger partial charge is 0.209 e. The van der Waals surface area contributed by atoms with Crippen molar-refractivity contribution in [1.29, 1.82) is 0 Å². The summed E-state index contributed by atoms with van der Waals surface area (Å²) in [6, 6.07) is 10.0. The minimum Gasteiger partial charge on any atom is -0.439 e. The van der Waals surface area contributed by atoms with Crippen molar-refractivity contribution in [1.82, 2.24) is 9.88 Å². The Morgan fingerprint density at radius 1 is 1.25 bits per heavy atom. The van der Waals surface area contributed by atoms with Crippen molar-refractivity contribution in [2.45, 2.75) is 19.4 Å². The minimum atomic E-state index is -1.97. The van der Waals surface area contributed by atoms with Crippen LogP contribution in [-0.4, -0.2) is 46.2 Å². The van der Waals surface area contributed by atoms with Gasteiger partial charge in [0.1, 0.15) is 0 Å². The summed E-state index contributed by atoms with van der Waals surface area (Å²) in [6.45, 7) is 3.49. The molecule has 0 atom stereocenters. The van der Waals surface area contributed by atoms with Gasteiger partial charge in [-0.05, 0) is 31.8 Å². The van der Waals surface area contributed by atoms with E-state index in [1.54, 1.807) is 18.7 Å². The molecule has 2 heterocycles. The average molecular weight is 347 g/mol. The highest BCUT2D eigenvalue weighted by Crippen LogP contribution is 2.23. The van der Waals surface area contributed by atoms with Crippen molar-refractivity contribution in [3.05, 3.63) is 42.4 Å². The summed E-state index contributed by atoms with van der Waals surface area (Å²) in [5.41, 5.74) is 1.05. The van der Waals surface area contributed by atoms with Crippen LogP contribution in [0.3, 0.4) is 0 Å². The van der Waals surface area contributed by atoms with Gasteiger partial charge in [0.2, 0.25) is 5.89 Å². The molecule has 130 valence electrons. The Kier molecular flexibility index (Phi) is 5.36. The lowest BCUT2D eigenvalue weighted by Crippen LogP contribution is -2.34. The molecule has 6 heteroatoms. The molecule has 0 spiro atoms. The van der Waals surface area contributed by atoms with Crippen LogP contribution in [0.1, 0.15) is 18.7 Å². The van der Waals surface area contributed by atoms with Gasteiger partial charge in [0, 0.05) is 27.8 Å². The molecule has 24 heavy (non-hydrogen) atoms. The third kappa shape index (κ3) is 4.92. The number of hydrogen-bond donors (Lipinski definition) is 0. The highest BCUT2D eigenvalue weighted by molar-refractivity contribution is 7.92. The fraction of sp³-hybridized carbons (Fsp3) is 0.500. The van der Waals surface area contributed by atoms with Crippen molar-refractivity contribution in [2.24, 2.45) is 10.3 Å². The van der Waals surface area contributed by atoms with Crippen LogP contribution < -0.4 is 0 Å². The Hall–Kier alpha value is -1.66. The molecule has 0 unspecified atom stereocenters. The number of likely N-dealkylation sites (tertiary alicyclic amines) is 1. The monoisotopic (exact) mass is 347 g/mol. The highest BCUT2D eigenvalue weighted by Gasteiger charge is 2.20. The van der Waals surface area contributed by atoms with Crippen LogP contribution in [-0.2, 0) is 16.3 Å². The predicted octanol–water partition coefficient (Wildman–Crippen LogP) is 3.28. The number of aromatic nitrogens is 1. The normalized spacial score (nSPS) is 17.1. The molecule has 0 N–H and O–H groups in total. The SMILES string of the molecule is CS(C)(=O)=NCC1CCN(Cc2ncc(-c3ccccc3)o2)CC1. The summed E-state index contributed by atoms with van der Waals surface area (Å²) < 4.78 is 21.8. The maximum absolute atomic E-state index is 11.7. The number of rotatable bonds is 5. The summed E-state index contributed by atoms with van der Waals surface area (Å²) in [7, 11) is -1.97. The molecule has 1 fully saturated rings. The van der Waals surface area contributed by atoms with E-state index in [0.29, 0.717) is 5.92 Å². The Bertz CT molecular complexity index is 763. The number of oxazole rings is 1. The largest absolute Gasteiger partial charge is 0.439 e. The number of benzene rings is 1. The molecule has 1 aliphatic rings. The molecule has 0 radical (unpaired) electrons. The van der Waals surface area contributed by atoms with E-state index >= 15 is 0 Å². The summed E-state index contributed by atoms with van der Waals surface area (Å²) in [6.07, 6.45) is 7.38. The van der Waals surface area contributed by atoms with Crippen molar-refractivity contribution in [2.75, 3.05) is 32.1 Å². The first-order chi connectivity index (χ1) is 11.5. The van der Waals surface area contributed by atoms with Crippen molar-refractivity contribution >= 4 is 9.73 Å².